The molecule has 428 valence electrons. The van der Waals surface area contributed by atoms with Gasteiger partial charge in [0.15, 0.2) is 0 Å². The average molecular weight is 1110 g/mol. The van der Waals surface area contributed by atoms with Crippen molar-refractivity contribution in [3.8, 4) is 33.5 Å². The number of nitrogens with zero attached hydrogens (tertiary/aromatic N) is 3. The van der Waals surface area contributed by atoms with Gasteiger partial charge < -0.3 is 65.0 Å². The molecule has 0 saturated heterocycles. The summed E-state index contributed by atoms with van der Waals surface area (Å²) >= 11 is 6.99. The summed E-state index contributed by atoms with van der Waals surface area (Å²) in [5.74, 6) is -1.84. The second kappa shape index (κ2) is 23.9. The van der Waals surface area contributed by atoms with Crippen molar-refractivity contribution in [1.82, 2.24) is 15.0 Å². The molecule has 5 atom stereocenters. The van der Waals surface area contributed by atoms with Gasteiger partial charge in [-0.15, -0.1) is 0 Å². The molecule has 6 rings (SSSR count). The number of pyridine rings is 3. The maximum absolute atomic E-state index is 15.6. The second-order valence-corrected chi connectivity index (χ2v) is 22.0. The summed E-state index contributed by atoms with van der Waals surface area (Å²) in [6.07, 6.45) is 5.37. The van der Waals surface area contributed by atoms with Crippen molar-refractivity contribution < 1.29 is 39.4 Å². The van der Waals surface area contributed by atoms with E-state index in [9.17, 15) is 30.6 Å². The number of aromatic nitrogens is 3. The Morgan fingerprint density at radius 3 is 1.47 bits per heavy atom. The second-order valence-electron chi connectivity index (χ2n) is 21.6. The number of benzene rings is 3. The molecule has 3 aromatic heterocycles. The molecule has 6 aromatic rings. The molecule has 0 aliphatic carbocycles. The molecule has 15 nitrogen and oxygen atoms in total. The molecule has 18 N–H and O–H groups in total. The predicted octanol–water partition coefficient (Wildman–Crippen LogP) is 11.3. The zero-order valence-electron chi connectivity index (χ0n) is 47.1. The highest BCUT2D eigenvalue weighted by atomic mass is 35.5. The van der Waals surface area contributed by atoms with Crippen LogP contribution in [0.3, 0.4) is 0 Å². The molecule has 0 fully saturated rings. The first-order valence-electron chi connectivity index (χ1n) is 27.5. The van der Waals surface area contributed by atoms with Crippen LogP contribution in [0.1, 0.15) is 173 Å². The minimum atomic E-state index is -1.66. The number of hydrogen-bond donors (Lipinski definition) is 12. The Hall–Kier alpha value is -6.18. The molecule has 0 spiro atoms. The van der Waals surface area contributed by atoms with E-state index in [0.29, 0.717) is 53.5 Å². The van der Waals surface area contributed by atoms with E-state index in [1.54, 1.807) is 71.9 Å². The van der Waals surface area contributed by atoms with Gasteiger partial charge in [-0.1, -0.05) is 73.9 Å². The zero-order valence-corrected chi connectivity index (χ0v) is 47.9. The maximum atomic E-state index is 15.6. The van der Waals surface area contributed by atoms with Crippen LogP contribution >= 0.6 is 11.6 Å². The van der Waals surface area contributed by atoms with E-state index in [1.165, 1.54) is 42.7 Å². The standard InChI is InChI=1S/C61H82ClF2N9O6/c1-10-56(74,11-2)42-31-45(64)39(29-48(42)67)36-25-50(69)54(72-33-36)60(78,16-7)23-22-58(76,14-5)41-30-44(62)38(28-47(41)66)35-24-49(68)53(71-32-35)59(77,15-6)21-20-34(9)61(79,17-8)43-27-37(63)26-40(52(43)70)51-19-18-46(65)55(73-51)57(75,12-3)13-4/h18-19,24-34,74-79H,10-17,20-23,65-70H2,1-9H3. The molecule has 5 unspecified atom stereocenters. The summed E-state index contributed by atoms with van der Waals surface area (Å²) in [6.45, 7) is 16.2. The van der Waals surface area contributed by atoms with Gasteiger partial charge in [0.25, 0.3) is 0 Å². The Morgan fingerprint density at radius 2 is 0.962 bits per heavy atom. The van der Waals surface area contributed by atoms with Gasteiger partial charge in [0.1, 0.15) is 28.4 Å². The third kappa shape index (κ3) is 11.9. The first-order chi connectivity index (χ1) is 37.0. The average Bonchev–Trinajstić information content (AvgIpc) is 3.46. The van der Waals surface area contributed by atoms with Gasteiger partial charge in [0.05, 0.1) is 56.6 Å². The van der Waals surface area contributed by atoms with Crippen molar-refractivity contribution >= 4 is 45.7 Å². The number of nitrogen functional groups attached to an aromatic ring is 6. The first kappa shape index (κ1) is 62.0. The molecule has 0 radical (unpaired) electrons. The highest BCUT2D eigenvalue weighted by Gasteiger charge is 2.41. The fourth-order valence-electron chi connectivity index (χ4n) is 11.2. The van der Waals surface area contributed by atoms with Crippen molar-refractivity contribution in [3.05, 3.63) is 123 Å². The van der Waals surface area contributed by atoms with Gasteiger partial charge in [-0.2, -0.15) is 0 Å². The minimum Gasteiger partial charge on any atom is -0.398 e. The van der Waals surface area contributed by atoms with Crippen molar-refractivity contribution in [2.45, 2.75) is 173 Å². The van der Waals surface area contributed by atoms with E-state index in [0.717, 1.165) is 0 Å². The van der Waals surface area contributed by atoms with Crippen molar-refractivity contribution in [3.63, 3.8) is 0 Å². The van der Waals surface area contributed by atoms with Crippen LogP contribution in [0.2, 0.25) is 5.02 Å². The molecule has 0 amide bonds. The van der Waals surface area contributed by atoms with Crippen LogP contribution in [-0.4, -0.2) is 45.6 Å². The van der Waals surface area contributed by atoms with E-state index in [2.05, 4.69) is 15.0 Å². The Balaban J connectivity index is 1.21. The quantitative estimate of drug-likeness (QED) is 0.0251. The number of halogens is 3. The molecule has 0 aliphatic rings. The van der Waals surface area contributed by atoms with E-state index in [-0.39, 0.29) is 130 Å². The number of hydrogen-bond acceptors (Lipinski definition) is 15. The molecule has 3 aromatic carbocycles. The van der Waals surface area contributed by atoms with Gasteiger partial charge in [0, 0.05) is 79.0 Å². The van der Waals surface area contributed by atoms with Crippen LogP contribution < -0.4 is 34.4 Å². The Morgan fingerprint density at radius 1 is 0.481 bits per heavy atom. The molecule has 3 heterocycles. The fraction of sp³-hybridized carbons (Fsp3) is 0.459. The van der Waals surface area contributed by atoms with E-state index in [4.69, 9.17) is 46.0 Å². The summed E-state index contributed by atoms with van der Waals surface area (Å²) in [5, 5.41) is 71.7. The van der Waals surface area contributed by atoms with Crippen LogP contribution in [0.15, 0.2) is 73.1 Å². The normalized spacial score (nSPS) is 15.7. The molecule has 79 heavy (non-hydrogen) atoms. The molecule has 0 aliphatic heterocycles. The monoisotopic (exact) mass is 1110 g/mol. The topological polar surface area (TPSA) is 316 Å². The lowest BCUT2D eigenvalue weighted by atomic mass is 9.74. The molecule has 0 saturated carbocycles. The first-order valence-corrected chi connectivity index (χ1v) is 27.9. The van der Waals surface area contributed by atoms with Crippen LogP contribution in [0.4, 0.5) is 42.9 Å². The lowest BCUT2D eigenvalue weighted by Gasteiger charge is -2.37. The number of rotatable bonds is 24. The van der Waals surface area contributed by atoms with Crippen LogP contribution in [-0.2, 0) is 33.6 Å². The van der Waals surface area contributed by atoms with E-state index in [1.807, 2.05) is 20.8 Å². The third-order valence-corrected chi connectivity index (χ3v) is 17.6. The SMILES string of the molecule is CCC(O)(CC)c1cc(F)c(-c2cnc(C(O)(CC)CCC(O)(CC)c3cc(Cl)c(-c4cnc(C(O)(CC)CCC(C)C(O)(CC)c5cc(F)cc(-c6ccc(N)c(C(O)(CC)CC)n6)c5N)c(N)c4)cc3N)c(N)c2)cc1N. The molecule has 0 bridgehead atoms. The van der Waals surface area contributed by atoms with Gasteiger partial charge in [0.2, 0.25) is 0 Å². The Kier molecular flexibility index (Phi) is 18.7. The Labute approximate surface area is 468 Å². The van der Waals surface area contributed by atoms with Gasteiger partial charge >= 0.3 is 0 Å². The fourth-order valence-corrected chi connectivity index (χ4v) is 11.5. The van der Waals surface area contributed by atoms with Crippen molar-refractivity contribution in [2.24, 2.45) is 5.92 Å². The highest BCUT2D eigenvalue weighted by Crippen LogP contribution is 2.48. The summed E-state index contributed by atoms with van der Waals surface area (Å²) in [7, 11) is 0. The maximum Gasteiger partial charge on any atom is 0.131 e. The van der Waals surface area contributed by atoms with Gasteiger partial charge in [-0.05, 0) is 144 Å². The summed E-state index contributed by atoms with van der Waals surface area (Å²) in [6, 6.07) is 14.7. The number of anilines is 6. The minimum absolute atomic E-state index is 0.00169. The highest BCUT2D eigenvalue weighted by molar-refractivity contribution is 6.33. The lowest BCUT2D eigenvalue weighted by Crippen LogP contribution is -2.36. The summed E-state index contributed by atoms with van der Waals surface area (Å²) in [5.41, 5.74) is 34.8. The van der Waals surface area contributed by atoms with Crippen LogP contribution in [0.5, 0.6) is 0 Å². The predicted molar refractivity (Wildman–Crippen MR) is 314 cm³/mol. The molecular formula is C61H82ClF2N9O6. The third-order valence-electron chi connectivity index (χ3n) is 17.3. The lowest BCUT2D eigenvalue weighted by molar-refractivity contribution is -0.0422. The van der Waals surface area contributed by atoms with Crippen LogP contribution in [0.25, 0.3) is 33.5 Å². The van der Waals surface area contributed by atoms with Crippen molar-refractivity contribution in [1.29, 1.82) is 0 Å². The molecule has 18 heteroatoms. The van der Waals surface area contributed by atoms with Gasteiger partial charge in [-0.3, -0.25) is 9.97 Å². The summed E-state index contributed by atoms with van der Waals surface area (Å²) < 4.78 is 31.3. The van der Waals surface area contributed by atoms with Crippen molar-refractivity contribution in [2.75, 3.05) is 34.4 Å². The number of nitrogens with two attached hydrogens (primary N) is 6. The van der Waals surface area contributed by atoms with E-state index >= 15 is 8.78 Å². The zero-order chi connectivity index (χ0) is 58.8. The van der Waals surface area contributed by atoms with Gasteiger partial charge in [-0.25, -0.2) is 13.8 Å². The summed E-state index contributed by atoms with van der Waals surface area (Å²) in [4.78, 5) is 13.9. The van der Waals surface area contributed by atoms with Crippen LogP contribution in [0, 0.1) is 17.6 Å². The van der Waals surface area contributed by atoms with E-state index < -0.39 is 51.2 Å². The molecular weight excluding hydrogens is 1030 g/mol. The largest absolute Gasteiger partial charge is 0.398 e. The smallest absolute Gasteiger partial charge is 0.131 e. The Bertz CT molecular complexity index is 3180. The number of aliphatic hydroxyl groups is 6.